The van der Waals surface area contributed by atoms with Gasteiger partial charge in [0.1, 0.15) is 0 Å². The van der Waals surface area contributed by atoms with Gasteiger partial charge in [-0.1, -0.05) is 19.3 Å². The molecule has 96 valence electrons. The summed E-state index contributed by atoms with van der Waals surface area (Å²) in [5.41, 5.74) is 1.50. The second kappa shape index (κ2) is 5.23. The molecule has 0 unspecified atom stereocenters. The summed E-state index contributed by atoms with van der Waals surface area (Å²) in [7, 11) is 0. The number of benzene rings is 1. The van der Waals surface area contributed by atoms with E-state index in [1.807, 2.05) is 12.1 Å². The second-order valence-corrected chi connectivity index (χ2v) is 4.97. The molecular formula is C15H15N3O. The van der Waals surface area contributed by atoms with Gasteiger partial charge in [0.25, 0.3) is 0 Å². The van der Waals surface area contributed by atoms with Gasteiger partial charge in [-0.05, 0) is 37.1 Å². The smallest absolute Gasteiger partial charge is 0.247 e. The molecule has 1 aliphatic carbocycles. The average molecular weight is 253 g/mol. The fraction of sp³-hybridized carbons (Fsp3) is 0.400. The minimum atomic E-state index is 0.424. The molecule has 0 N–H and O–H groups in total. The minimum absolute atomic E-state index is 0.424. The Morgan fingerprint density at radius 1 is 1.05 bits per heavy atom. The maximum atomic E-state index is 8.77. The molecule has 0 saturated heterocycles. The predicted octanol–water partition coefficient (Wildman–Crippen LogP) is 3.66. The van der Waals surface area contributed by atoms with Crippen LogP contribution in [0.1, 0.15) is 49.5 Å². The zero-order chi connectivity index (χ0) is 13.1. The van der Waals surface area contributed by atoms with Crippen LogP contribution in [0, 0.1) is 11.3 Å². The van der Waals surface area contributed by atoms with E-state index < -0.39 is 0 Å². The standard InChI is InChI=1S/C15H15N3O/c16-10-11-6-8-13(9-7-11)15-18-17-14(19-15)12-4-2-1-3-5-12/h6-9,12H,1-5H2. The van der Waals surface area contributed by atoms with Crippen molar-refractivity contribution in [2.24, 2.45) is 0 Å². The molecule has 1 saturated carbocycles. The predicted molar refractivity (Wildman–Crippen MR) is 70.3 cm³/mol. The Balaban J connectivity index is 1.81. The van der Waals surface area contributed by atoms with Gasteiger partial charge in [0.15, 0.2) is 0 Å². The Labute approximate surface area is 112 Å². The molecule has 1 aromatic carbocycles. The Morgan fingerprint density at radius 3 is 2.47 bits per heavy atom. The Bertz CT molecular complexity index is 589. The summed E-state index contributed by atoms with van der Waals surface area (Å²) >= 11 is 0. The van der Waals surface area contributed by atoms with Gasteiger partial charge in [-0.2, -0.15) is 5.26 Å². The highest BCUT2D eigenvalue weighted by molar-refractivity contribution is 5.54. The van der Waals surface area contributed by atoms with E-state index in [0.717, 1.165) is 24.3 Å². The van der Waals surface area contributed by atoms with Crippen molar-refractivity contribution in [1.82, 2.24) is 10.2 Å². The van der Waals surface area contributed by atoms with Crippen molar-refractivity contribution in [3.05, 3.63) is 35.7 Å². The molecule has 0 spiro atoms. The summed E-state index contributed by atoms with van der Waals surface area (Å²) in [6, 6.07) is 9.31. The van der Waals surface area contributed by atoms with E-state index in [9.17, 15) is 0 Å². The van der Waals surface area contributed by atoms with Crippen molar-refractivity contribution in [3.63, 3.8) is 0 Å². The van der Waals surface area contributed by atoms with Crippen LogP contribution in [0.5, 0.6) is 0 Å². The Hall–Kier alpha value is -2.15. The zero-order valence-electron chi connectivity index (χ0n) is 10.7. The highest BCUT2D eigenvalue weighted by Crippen LogP contribution is 2.33. The van der Waals surface area contributed by atoms with Crippen molar-refractivity contribution < 1.29 is 4.42 Å². The summed E-state index contributed by atoms with van der Waals surface area (Å²) in [6.07, 6.45) is 6.11. The third kappa shape index (κ3) is 2.50. The lowest BCUT2D eigenvalue weighted by Gasteiger charge is -2.17. The number of hydrogen-bond donors (Lipinski definition) is 0. The first-order valence-corrected chi connectivity index (χ1v) is 6.71. The molecule has 0 radical (unpaired) electrons. The molecule has 4 heteroatoms. The van der Waals surface area contributed by atoms with Crippen molar-refractivity contribution in [2.75, 3.05) is 0 Å². The summed E-state index contributed by atoms with van der Waals surface area (Å²) in [4.78, 5) is 0. The van der Waals surface area contributed by atoms with Gasteiger partial charge in [-0.15, -0.1) is 10.2 Å². The molecule has 0 atom stereocenters. The quantitative estimate of drug-likeness (QED) is 0.819. The first kappa shape index (κ1) is 11.9. The molecule has 0 amide bonds. The zero-order valence-corrected chi connectivity index (χ0v) is 10.7. The van der Waals surface area contributed by atoms with Crippen molar-refractivity contribution >= 4 is 0 Å². The van der Waals surface area contributed by atoms with Crippen LogP contribution >= 0.6 is 0 Å². The van der Waals surface area contributed by atoms with Crippen LogP contribution in [0.3, 0.4) is 0 Å². The van der Waals surface area contributed by atoms with E-state index in [1.54, 1.807) is 12.1 Å². The number of nitrogens with zero attached hydrogens (tertiary/aromatic N) is 3. The molecule has 2 aromatic rings. The molecule has 1 aromatic heterocycles. The largest absolute Gasteiger partial charge is 0.420 e. The van der Waals surface area contributed by atoms with E-state index in [2.05, 4.69) is 16.3 Å². The van der Waals surface area contributed by atoms with Crippen LogP contribution in [-0.4, -0.2) is 10.2 Å². The van der Waals surface area contributed by atoms with Crippen LogP contribution in [0.25, 0.3) is 11.5 Å². The van der Waals surface area contributed by atoms with Crippen molar-refractivity contribution in [2.45, 2.75) is 38.0 Å². The summed E-state index contributed by atoms with van der Waals surface area (Å²) in [6.45, 7) is 0. The van der Waals surface area contributed by atoms with Crippen molar-refractivity contribution in [1.29, 1.82) is 5.26 Å². The minimum Gasteiger partial charge on any atom is -0.420 e. The lowest BCUT2D eigenvalue weighted by Crippen LogP contribution is -2.04. The second-order valence-electron chi connectivity index (χ2n) is 4.97. The van der Waals surface area contributed by atoms with Gasteiger partial charge in [-0.25, -0.2) is 0 Å². The SMILES string of the molecule is N#Cc1ccc(-c2nnc(C3CCCCC3)o2)cc1. The third-order valence-corrected chi connectivity index (χ3v) is 3.66. The molecular weight excluding hydrogens is 238 g/mol. The Morgan fingerprint density at radius 2 is 1.79 bits per heavy atom. The topological polar surface area (TPSA) is 62.7 Å². The number of nitriles is 1. The molecule has 1 aliphatic rings. The van der Waals surface area contributed by atoms with Crippen LogP contribution in [0.4, 0.5) is 0 Å². The van der Waals surface area contributed by atoms with Gasteiger partial charge in [-0.3, -0.25) is 0 Å². The fourth-order valence-electron chi connectivity index (χ4n) is 2.55. The number of hydrogen-bond acceptors (Lipinski definition) is 4. The molecule has 4 nitrogen and oxygen atoms in total. The lowest BCUT2D eigenvalue weighted by atomic mass is 9.89. The molecule has 0 bridgehead atoms. The lowest BCUT2D eigenvalue weighted by molar-refractivity contribution is 0.367. The van der Waals surface area contributed by atoms with E-state index >= 15 is 0 Å². The maximum absolute atomic E-state index is 8.77. The molecule has 19 heavy (non-hydrogen) atoms. The van der Waals surface area contributed by atoms with Crippen LogP contribution < -0.4 is 0 Å². The van der Waals surface area contributed by atoms with Gasteiger partial charge < -0.3 is 4.42 Å². The molecule has 0 aliphatic heterocycles. The summed E-state index contributed by atoms with van der Waals surface area (Å²) in [5.74, 6) is 1.73. The summed E-state index contributed by atoms with van der Waals surface area (Å²) < 4.78 is 5.78. The highest BCUT2D eigenvalue weighted by Gasteiger charge is 2.21. The van der Waals surface area contributed by atoms with E-state index in [-0.39, 0.29) is 0 Å². The van der Waals surface area contributed by atoms with Gasteiger partial charge in [0.05, 0.1) is 11.6 Å². The Kier molecular flexibility index (Phi) is 3.28. The van der Waals surface area contributed by atoms with Gasteiger partial charge >= 0.3 is 0 Å². The van der Waals surface area contributed by atoms with E-state index in [4.69, 9.17) is 9.68 Å². The van der Waals surface area contributed by atoms with Gasteiger partial charge in [0, 0.05) is 11.5 Å². The number of rotatable bonds is 2. The first-order valence-electron chi connectivity index (χ1n) is 6.71. The number of aromatic nitrogens is 2. The maximum Gasteiger partial charge on any atom is 0.247 e. The monoisotopic (exact) mass is 253 g/mol. The molecule has 3 rings (SSSR count). The van der Waals surface area contributed by atoms with Crippen LogP contribution in [-0.2, 0) is 0 Å². The molecule has 1 fully saturated rings. The van der Waals surface area contributed by atoms with Crippen molar-refractivity contribution in [3.8, 4) is 17.5 Å². The fourth-order valence-corrected chi connectivity index (χ4v) is 2.55. The van der Waals surface area contributed by atoms with E-state index in [0.29, 0.717) is 17.4 Å². The van der Waals surface area contributed by atoms with E-state index in [1.165, 1.54) is 19.3 Å². The first-order chi connectivity index (χ1) is 9.36. The average Bonchev–Trinajstić information content (AvgIpc) is 2.98. The molecule has 1 heterocycles. The third-order valence-electron chi connectivity index (χ3n) is 3.66. The highest BCUT2D eigenvalue weighted by atomic mass is 16.4. The normalized spacial score (nSPS) is 16.2. The van der Waals surface area contributed by atoms with Crippen LogP contribution in [0.2, 0.25) is 0 Å². The van der Waals surface area contributed by atoms with Crippen LogP contribution in [0.15, 0.2) is 28.7 Å². The van der Waals surface area contributed by atoms with Gasteiger partial charge in [0.2, 0.25) is 11.8 Å². The summed E-state index contributed by atoms with van der Waals surface area (Å²) in [5, 5.41) is 17.1.